The van der Waals surface area contributed by atoms with E-state index < -0.39 is 29.4 Å². The fourth-order valence-electron chi connectivity index (χ4n) is 2.82. The van der Waals surface area contributed by atoms with Crippen molar-refractivity contribution >= 4 is 29.1 Å². The molecule has 2 aromatic rings. The van der Waals surface area contributed by atoms with E-state index in [9.17, 15) is 19.5 Å². The Morgan fingerprint density at radius 2 is 1.85 bits per heavy atom. The number of hydrogen-bond donors (Lipinski definition) is 2. The first-order chi connectivity index (χ1) is 12.6. The Morgan fingerprint density at radius 3 is 2.30 bits per heavy atom. The third-order valence-electron chi connectivity index (χ3n) is 4.01. The molecule has 2 amide bonds. The van der Waals surface area contributed by atoms with Crippen molar-refractivity contribution in [2.24, 2.45) is 5.73 Å². The number of benzene rings is 1. The van der Waals surface area contributed by atoms with Crippen molar-refractivity contribution in [1.82, 2.24) is 9.88 Å². The first-order valence-corrected chi connectivity index (χ1v) is 9.34. The summed E-state index contributed by atoms with van der Waals surface area (Å²) in [7, 11) is 0. The number of amides is 2. The van der Waals surface area contributed by atoms with Crippen LogP contribution in [0.25, 0.3) is 10.6 Å². The highest BCUT2D eigenvalue weighted by Gasteiger charge is 2.37. The minimum absolute atomic E-state index is 0.0368. The third-order valence-corrected chi connectivity index (χ3v) is 4.84. The average molecular weight is 389 g/mol. The number of nitrogens with two attached hydrogens (primary N) is 1. The van der Waals surface area contributed by atoms with Crippen LogP contribution in [0.15, 0.2) is 35.8 Å². The van der Waals surface area contributed by atoms with E-state index in [1.807, 2.05) is 5.38 Å². The van der Waals surface area contributed by atoms with Gasteiger partial charge in [0.25, 0.3) is 5.91 Å². The molecule has 0 aliphatic rings. The van der Waals surface area contributed by atoms with Gasteiger partial charge < -0.3 is 15.7 Å². The Kier molecular flexibility index (Phi) is 6.32. The van der Waals surface area contributed by atoms with E-state index >= 15 is 0 Å². The largest absolute Gasteiger partial charge is 0.480 e. The van der Waals surface area contributed by atoms with Crippen LogP contribution < -0.4 is 5.73 Å². The smallest absolute Gasteiger partial charge is 0.326 e. The van der Waals surface area contributed by atoms with E-state index in [0.717, 1.165) is 10.6 Å². The van der Waals surface area contributed by atoms with Crippen molar-refractivity contribution in [3.8, 4) is 10.6 Å². The van der Waals surface area contributed by atoms with Crippen molar-refractivity contribution in [3.05, 3.63) is 41.4 Å². The monoisotopic (exact) mass is 389 g/mol. The topological polar surface area (TPSA) is 114 Å². The molecule has 0 aliphatic carbocycles. The van der Waals surface area contributed by atoms with Gasteiger partial charge in [-0.25, -0.2) is 9.78 Å². The standard InChI is InChI=1S/C19H23N3O4S/c1-19(2,3)22(14(18(25)26)8-9-15(20)23)17(24)13-6-4-12(5-7-13)16-21-10-11-27-16/h4-7,10-11,14H,8-9H2,1-3H3,(H2,20,23)(H,25,26)/t14-/m0/s1. The number of carboxylic acid groups (broad SMARTS) is 1. The lowest BCUT2D eigenvalue weighted by atomic mass is 9.97. The average Bonchev–Trinajstić information content (AvgIpc) is 3.11. The SMILES string of the molecule is CC(C)(C)N(C(=O)c1ccc(-c2nccs2)cc1)[C@@H](CCC(N)=O)C(=O)O. The van der Waals surface area contributed by atoms with Gasteiger partial charge in [-0.05, 0) is 39.3 Å². The molecular formula is C19H23N3O4S. The Labute approximate surface area is 161 Å². The number of thiazole rings is 1. The molecule has 1 aromatic heterocycles. The molecular weight excluding hydrogens is 366 g/mol. The van der Waals surface area contributed by atoms with Crippen molar-refractivity contribution in [2.45, 2.75) is 45.2 Å². The molecule has 7 nitrogen and oxygen atoms in total. The molecule has 3 N–H and O–H groups in total. The lowest BCUT2D eigenvalue weighted by molar-refractivity contribution is -0.144. The minimum atomic E-state index is -1.17. The maximum Gasteiger partial charge on any atom is 0.326 e. The van der Waals surface area contributed by atoms with E-state index in [1.165, 1.54) is 16.2 Å². The molecule has 0 fully saturated rings. The molecule has 1 heterocycles. The molecule has 8 heteroatoms. The van der Waals surface area contributed by atoms with Gasteiger partial charge in [-0.15, -0.1) is 11.3 Å². The number of aliphatic carboxylic acids is 1. The third kappa shape index (κ3) is 5.13. The van der Waals surface area contributed by atoms with E-state index in [2.05, 4.69) is 4.98 Å². The maximum absolute atomic E-state index is 13.1. The van der Waals surface area contributed by atoms with Crippen LogP contribution in [-0.4, -0.2) is 44.4 Å². The molecule has 144 valence electrons. The van der Waals surface area contributed by atoms with E-state index in [1.54, 1.807) is 51.2 Å². The van der Waals surface area contributed by atoms with E-state index in [-0.39, 0.29) is 12.8 Å². The quantitative estimate of drug-likeness (QED) is 0.756. The van der Waals surface area contributed by atoms with Gasteiger partial charge in [-0.1, -0.05) is 12.1 Å². The highest BCUT2D eigenvalue weighted by atomic mass is 32.1. The van der Waals surface area contributed by atoms with Gasteiger partial charge >= 0.3 is 5.97 Å². The molecule has 0 bridgehead atoms. The molecule has 1 atom stereocenters. The van der Waals surface area contributed by atoms with Gasteiger partial charge in [0.1, 0.15) is 11.0 Å². The summed E-state index contributed by atoms with van der Waals surface area (Å²) in [5.41, 5.74) is 5.65. The number of carbonyl (C=O) groups is 3. The Morgan fingerprint density at radius 1 is 1.22 bits per heavy atom. The zero-order valence-electron chi connectivity index (χ0n) is 15.5. The van der Waals surface area contributed by atoms with Crippen LogP contribution in [0.4, 0.5) is 0 Å². The minimum Gasteiger partial charge on any atom is -0.480 e. The van der Waals surface area contributed by atoms with Crippen LogP contribution in [0, 0.1) is 0 Å². The first-order valence-electron chi connectivity index (χ1n) is 8.46. The van der Waals surface area contributed by atoms with Gasteiger partial charge in [0.15, 0.2) is 0 Å². The predicted molar refractivity (Wildman–Crippen MR) is 103 cm³/mol. The molecule has 0 unspecified atom stereocenters. The van der Waals surface area contributed by atoms with Crippen molar-refractivity contribution in [1.29, 1.82) is 0 Å². The summed E-state index contributed by atoms with van der Waals surface area (Å²) < 4.78 is 0. The molecule has 0 radical (unpaired) electrons. The van der Waals surface area contributed by atoms with Gasteiger partial charge in [-0.3, -0.25) is 9.59 Å². The number of aromatic nitrogens is 1. The van der Waals surface area contributed by atoms with Crippen LogP contribution in [-0.2, 0) is 9.59 Å². The van der Waals surface area contributed by atoms with Gasteiger partial charge in [0.2, 0.25) is 5.91 Å². The highest BCUT2D eigenvalue weighted by Crippen LogP contribution is 2.26. The maximum atomic E-state index is 13.1. The zero-order valence-corrected chi connectivity index (χ0v) is 16.3. The predicted octanol–water partition coefficient (Wildman–Crippen LogP) is 2.77. The summed E-state index contributed by atoms with van der Waals surface area (Å²) in [5, 5.41) is 12.3. The molecule has 1 aromatic carbocycles. The fourth-order valence-corrected chi connectivity index (χ4v) is 3.46. The summed E-state index contributed by atoms with van der Waals surface area (Å²) in [6, 6.07) is 5.73. The highest BCUT2D eigenvalue weighted by molar-refractivity contribution is 7.13. The molecule has 0 saturated heterocycles. The Balaban J connectivity index is 2.33. The fraction of sp³-hybridized carbons (Fsp3) is 0.368. The van der Waals surface area contributed by atoms with Gasteiger partial charge in [0.05, 0.1) is 0 Å². The zero-order chi connectivity index (χ0) is 20.2. The van der Waals surface area contributed by atoms with Crippen LogP contribution >= 0.6 is 11.3 Å². The van der Waals surface area contributed by atoms with Crippen molar-refractivity contribution < 1.29 is 19.5 Å². The second-order valence-corrected chi connectivity index (χ2v) is 8.01. The van der Waals surface area contributed by atoms with Crippen molar-refractivity contribution in [2.75, 3.05) is 0 Å². The van der Waals surface area contributed by atoms with Crippen LogP contribution in [0.2, 0.25) is 0 Å². The summed E-state index contributed by atoms with van der Waals surface area (Å²) >= 11 is 1.49. The molecule has 0 spiro atoms. The molecule has 0 saturated carbocycles. The number of rotatable bonds is 7. The lowest BCUT2D eigenvalue weighted by Gasteiger charge is -2.40. The van der Waals surface area contributed by atoms with E-state index in [4.69, 9.17) is 5.73 Å². The summed E-state index contributed by atoms with van der Waals surface area (Å²) in [5.74, 6) is -2.18. The van der Waals surface area contributed by atoms with Crippen molar-refractivity contribution in [3.63, 3.8) is 0 Å². The van der Waals surface area contributed by atoms with Crippen LogP contribution in [0.1, 0.15) is 44.0 Å². The Hall–Kier alpha value is -2.74. The molecule has 27 heavy (non-hydrogen) atoms. The molecule has 2 rings (SSSR count). The van der Waals surface area contributed by atoms with Crippen LogP contribution in [0.3, 0.4) is 0 Å². The number of primary amides is 1. The number of carbonyl (C=O) groups excluding carboxylic acids is 2. The first kappa shape index (κ1) is 20.6. The lowest BCUT2D eigenvalue weighted by Crippen LogP contribution is -2.54. The van der Waals surface area contributed by atoms with Crippen LogP contribution in [0.5, 0.6) is 0 Å². The Bertz CT molecular complexity index is 810. The second-order valence-electron chi connectivity index (χ2n) is 7.12. The second kappa shape index (κ2) is 8.30. The van der Waals surface area contributed by atoms with E-state index in [0.29, 0.717) is 5.56 Å². The van der Waals surface area contributed by atoms with Gasteiger partial charge in [0, 0.05) is 34.7 Å². The summed E-state index contributed by atoms with van der Waals surface area (Å²) in [6.07, 6.45) is 1.56. The summed E-state index contributed by atoms with van der Waals surface area (Å²) in [4.78, 5) is 41.5. The normalized spacial score (nSPS) is 12.4. The molecule has 0 aliphatic heterocycles. The number of carboxylic acids is 1. The van der Waals surface area contributed by atoms with Gasteiger partial charge in [-0.2, -0.15) is 0 Å². The number of nitrogens with zero attached hydrogens (tertiary/aromatic N) is 2. The summed E-state index contributed by atoms with van der Waals surface area (Å²) in [6.45, 7) is 5.28. The number of hydrogen-bond acceptors (Lipinski definition) is 5.